The molecule has 1 aliphatic rings. The van der Waals surface area contributed by atoms with E-state index in [1.54, 1.807) is 0 Å². The van der Waals surface area contributed by atoms with Crippen molar-refractivity contribution in [3.8, 4) is 0 Å². The first-order valence-electron chi connectivity index (χ1n) is 5.99. The minimum Gasteiger partial charge on any atom is -0.381 e. The van der Waals surface area contributed by atoms with Gasteiger partial charge in [-0.2, -0.15) is 4.98 Å². The molecule has 0 amide bonds. The number of aliphatic hydroxyl groups is 1. The van der Waals surface area contributed by atoms with E-state index in [-0.39, 0.29) is 11.8 Å². The lowest BCUT2D eigenvalue weighted by Crippen LogP contribution is -2.02. The monoisotopic (exact) mass is 246 g/mol. The van der Waals surface area contributed by atoms with Crippen molar-refractivity contribution in [3.05, 3.63) is 47.6 Å². The predicted molar refractivity (Wildman–Crippen MR) is 63.0 cm³/mol. The van der Waals surface area contributed by atoms with Crippen molar-refractivity contribution in [2.45, 2.75) is 18.4 Å². The normalized spacial score (nSPS) is 21.1. The van der Waals surface area contributed by atoms with Crippen LogP contribution in [0.25, 0.3) is 0 Å². The van der Waals surface area contributed by atoms with Crippen LogP contribution in [0.4, 0.5) is 0 Å². The molecule has 1 N–H and O–H groups in total. The molecule has 1 aliphatic heterocycles. The molecule has 18 heavy (non-hydrogen) atoms. The van der Waals surface area contributed by atoms with Gasteiger partial charge in [0.25, 0.3) is 5.89 Å². The maximum Gasteiger partial charge on any atom is 0.260 e. The van der Waals surface area contributed by atoms with Gasteiger partial charge in [0.15, 0.2) is 11.9 Å². The molecule has 2 heterocycles. The van der Waals surface area contributed by atoms with E-state index < -0.39 is 6.10 Å². The van der Waals surface area contributed by atoms with Gasteiger partial charge in [-0.25, -0.2) is 0 Å². The van der Waals surface area contributed by atoms with E-state index in [4.69, 9.17) is 9.26 Å². The molecule has 5 heteroatoms. The molecule has 1 fully saturated rings. The highest BCUT2D eigenvalue weighted by Gasteiger charge is 2.25. The summed E-state index contributed by atoms with van der Waals surface area (Å²) in [5.74, 6) is 1.05. The molecule has 1 aromatic heterocycles. The summed E-state index contributed by atoms with van der Waals surface area (Å²) in [5, 5.41) is 14.0. The summed E-state index contributed by atoms with van der Waals surface area (Å²) in [6.45, 7) is 1.36. The first-order valence-corrected chi connectivity index (χ1v) is 5.99. The van der Waals surface area contributed by atoms with E-state index in [1.807, 2.05) is 30.3 Å². The van der Waals surface area contributed by atoms with Gasteiger partial charge in [0.05, 0.1) is 6.61 Å². The Morgan fingerprint density at radius 1 is 1.28 bits per heavy atom. The Morgan fingerprint density at radius 3 is 2.83 bits per heavy atom. The average Bonchev–Trinajstić information content (AvgIpc) is 3.09. The highest BCUT2D eigenvalue weighted by molar-refractivity contribution is 5.21. The Kier molecular flexibility index (Phi) is 3.08. The third kappa shape index (κ3) is 2.14. The fraction of sp³-hybridized carbons (Fsp3) is 0.385. The van der Waals surface area contributed by atoms with Crippen molar-refractivity contribution < 1.29 is 14.4 Å². The van der Waals surface area contributed by atoms with Crippen molar-refractivity contribution in [1.29, 1.82) is 0 Å². The Morgan fingerprint density at radius 2 is 2.11 bits per heavy atom. The summed E-state index contributed by atoms with van der Waals surface area (Å²) in [7, 11) is 0. The van der Waals surface area contributed by atoms with E-state index in [2.05, 4.69) is 10.1 Å². The molecule has 1 saturated heterocycles. The van der Waals surface area contributed by atoms with Gasteiger partial charge in [-0.1, -0.05) is 35.5 Å². The lowest BCUT2D eigenvalue weighted by molar-refractivity contribution is 0.170. The zero-order chi connectivity index (χ0) is 12.4. The van der Waals surface area contributed by atoms with Gasteiger partial charge >= 0.3 is 0 Å². The molecule has 2 unspecified atom stereocenters. The Labute approximate surface area is 104 Å². The molecule has 0 bridgehead atoms. The SMILES string of the molecule is OC(c1ccccc1)c1nc(C2CCOC2)no1. The van der Waals surface area contributed by atoms with Gasteiger partial charge in [0, 0.05) is 12.5 Å². The second kappa shape index (κ2) is 4.88. The van der Waals surface area contributed by atoms with E-state index in [0.717, 1.165) is 18.6 Å². The second-order valence-corrected chi connectivity index (χ2v) is 4.36. The molecule has 0 saturated carbocycles. The van der Waals surface area contributed by atoms with Crippen molar-refractivity contribution >= 4 is 0 Å². The Hall–Kier alpha value is -1.72. The molecule has 3 rings (SSSR count). The first kappa shape index (κ1) is 11.4. The molecule has 2 atom stereocenters. The number of nitrogens with zero attached hydrogens (tertiary/aromatic N) is 2. The van der Waals surface area contributed by atoms with Gasteiger partial charge in [0.2, 0.25) is 0 Å². The Balaban J connectivity index is 1.80. The summed E-state index contributed by atoms with van der Waals surface area (Å²) in [6, 6.07) is 9.27. The van der Waals surface area contributed by atoms with Gasteiger partial charge in [-0.3, -0.25) is 0 Å². The lowest BCUT2D eigenvalue weighted by Gasteiger charge is -2.04. The molecule has 0 radical (unpaired) electrons. The van der Waals surface area contributed by atoms with Crippen LogP contribution in [0.2, 0.25) is 0 Å². The van der Waals surface area contributed by atoms with Crippen molar-refractivity contribution in [3.63, 3.8) is 0 Å². The molecule has 0 aliphatic carbocycles. The number of aliphatic hydroxyl groups excluding tert-OH is 1. The largest absolute Gasteiger partial charge is 0.381 e. The van der Waals surface area contributed by atoms with Gasteiger partial charge in [0.1, 0.15) is 0 Å². The molecular weight excluding hydrogens is 232 g/mol. The zero-order valence-corrected chi connectivity index (χ0v) is 9.82. The van der Waals surface area contributed by atoms with Crippen LogP contribution in [0.15, 0.2) is 34.9 Å². The summed E-state index contributed by atoms with van der Waals surface area (Å²) < 4.78 is 10.4. The summed E-state index contributed by atoms with van der Waals surface area (Å²) in [6.07, 6.45) is 0.0372. The van der Waals surface area contributed by atoms with E-state index in [0.29, 0.717) is 12.4 Å². The standard InChI is InChI=1S/C13H14N2O3/c16-11(9-4-2-1-3-5-9)13-14-12(15-18-13)10-6-7-17-8-10/h1-5,10-11,16H,6-8H2. The van der Waals surface area contributed by atoms with Gasteiger partial charge in [-0.15, -0.1) is 0 Å². The number of hydrogen-bond donors (Lipinski definition) is 1. The van der Waals surface area contributed by atoms with Crippen LogP contribution in [-0.2, 0) is 4.74 Å². The number of hydrogen-bond acceptors (Lipinski definition) is 5. The van der Waals surface area contributed by atoms with Crippen LogP contribution in [0.5, 0.6) is 0 Å². The fourth-order valence-corrected chi connectivity index (χ4v) is 2.04. The molecular formula is C13H14N2O3. The lowest BCUT2D eigenvalue weighted by atomic mass is 10.1. The highest BCUT2D eigenvalue weighted by atomic mass is 16.5. The minimum absolute atomic E-state index is 0.186. The number of rotatable bonds is 3. The van der Waals surface area contributed by atoms with Crippen molar-refractivity contribution in [1.82, 2.24) is 10.1 Å². The summed E-state index contributed by atoms with van der Waals surface area (Å²) >= 11 is 0. The second-order valence-electron chi connectivity index (χ2n) is 4.36. The van der Waals surface area contributed by atoms with Crippen LogP contribution in [0.3, 0.4) is 0 Å². The third-order valence-electron chi connectivity index (χ3n) is 3.10. The Bertz CT molecular complexity index is 506. The predicted octanol–water partition coefficient (Wildman–Crippen LogP) is 1.66. The van der Waals surface area contributed by atoms with Crippen LogP contribution in [-0.4, -0.2) is 28.5 Å². The van der Waals surface area contributed by atoms with Crippen LogP contribution in [0, 0.1) is 0 Å². The quantitative estimate of drug-likeness (QED) is 0.891. The molecule has 2 aromatic rings. The van der Waals surface area contributed by atoms with E-state index in [1.165, 1.54) is 0 Å². The third-order valence-corrected chi connectivity index (χ3v) is 3.10. The molecule has 5 nitrogen and oxygen atoms in total. The maximum atomic E-state index is 10.1. The van der Waals surface area contributed by atoms with E-state index >= 15 is 0 Å². The molecule has 0 spiro atoms. The van der Waals surface area contributed by atoms with Crippen LogP contribution >= 0.6 is 0 Å². The minimum atomic E-state index is -0.866. The topological polar surface area (TPSA) is 68.4 Å². The zero-order valence-electron chi connectivity index (χ0n) is 9.82. The highest BCUT2D eigenvalue weighted by Crippen LogP contribution is 2.25. The van der Waals surface area contributed by atoms with E-state index in [9.17, 15) is 5.11 Å². The smallest absolute Gasteiger partial charge is 0.260 e. The first-order chi connectivity index (χ1) is 8.84. The maximum absolute atomic E-state index is 10.1. The number of benzene rings is 1. The van der Waals surface area contributed by atoms with Crippen LogP contribution in [0.1, 0.15) is 35.7 Å². The number of aromatic nitrogens is 2. The van der Waals surface area contributed by atoms with Crippen LogP contribution < -0.4 is 0 Å². The van der Waals surface area contributed by atoms with Crippen molar-refractivity contribution in [2.24, 2.45) is 0 Å². The summed E-state index contributed by atoms with van der Waals surface area (Å²) in [5.41, 5.74) is 0.746. The van der Waals surface area contributed by atoms with Crippen molar-refractivity contribution in [2.75, 3.05) is 13.2 Å². The molecule has 94 valence electrons. The average molecular weight is 246 g/mol. The van der Waals surface area contributed by atoms with Gasteiger partial charge in [-0.05, 0) is 12.0 Å². The molecule has 1 aromatic carbocycles. The fourth-order valence-electron chi connectivity index (χ4n) is 2.04. The number of ether oxygens (including phenoxy) is 1. The van der Waals surface area contributed by atoms with Gasteiger partial charge < -0.3 is 14.4 Å². The summed E-state index contributed by atoms with van der Waals surface area (Å²) in [4.78, 5) is 4.26.